The number of nitrogens with zero attached hydrogens (tertiary/aromatic N) is 3. The first-order valence-corrected chi connectivity index (χ1v) is 12.8. The molecule has 0 amide bonds. The molecular formula is C28H28Cl3FN4. The lowest BCUT2D eigenvalue weighted by Crippen LogP contribution is -2.43. The van der Waals surface area contributed by atoms with Crippen molar-refractivity contribution in [1.82, 2.24) is 14.8 Å². The Morgan fingerprint density at radius 3 is 2.33 bits per heavy atom. The average Bonchev–Trinajstić information content (AvgIpc) is 2.88. The Labute approximate surface area is 226 Å². The van der Waals surface area contributed by atoms with Crippen LogP contribution in [0.15, 0.2) is 66.9 Å². The number of hydrogen-bond donors (Lipinski definition) is 1. The molecule has 1 aromatic heterocycles. The second kappa shape index (κ2) is 12.2. The van der Waals surface area contributed by atoms with Crippen molar-refractivity contribution in [1.29, 1.82) is 0 Å². The fourth-order valence-electron chi connectivity index (χ4n) is 4.09. The summed E-state index contributed by atoms with van der Waals surface area (Å²) in [5.74, 6) is -0.198. The van der Waals surface area contributed by atoms with Crippen molar-refractivity contribution in [2.45, 2.75) is 6.54 Å². The van der Waals surface area contributed by atoms with Crippen LogP contribution in [0.3, 0.4) is 0 Å². The van der Waals surface area contributed by atoms with Gasteiger partial charge in [0.15, 0.2) is 0 Å². The molecule has 1 aliphatic heterocycles. The SMILES string of the molecule is CN1CCN(Cc2ccc(-c3ccc4nccc(Cl)c4c3)c(F)c2)CC1.CNc1ccc(Cl)c(Cl)c1. The molecule has 1 aliphatic rings. The first-order valence-electron chi connectivity index (χ1n) is 11.7. The van der Waals surface area contributed by atoms with E-state index in [1.54, 1.807) is 30.5 Å². The lowest BCUT2D eigenvalue weighted by atomic mass is 10.0. The van der Waals surface area contributed by atoms with Crippen molar-refractivity contribution >= 4 is 51.4 Å². The lowest BCUT2D eigenvalue weighted by molar-refractivity contribution is 0.148. The summed E-state index contributed by atoms with van der Waals surface area (Å²) in [7, 11) is 3.97. The third-order valence-electron chi connectivity index (χ3n) is 6.24. The fraction of sp³-hybridized carbons (Fsp3) is 0.250. The van der Waals surface area contributed by atoms with Crippen molar-refractivity contribution in [3.63, 3.8) is 0 Å². The highest BCUT2D eigenvalue weighted by molar-refractivity contribution is 6.42. The van der Waals surface area contributed by atoms with Crippen molar-refractivity contribution in [2.24, 2.45) is 0 Å². The van der Waals surface area contributed by atoms with Crippen LogP contribution < -0.4 is 5.32 Å². The molecule has 0 bridgehead atoms. The highest BCUT2D eigenvalue weighted by Crippen LogP contribution is 2.30. The maximum Gasteiger partial charge on any atom is 0.131 e. The topological polar surface area (TPSA) is 31.4 Å². The average molecular weight is 546 g/mol. The zero-order chi connectivity index (χ0) is 25.7. The number of nitrogens with one attached hydrogen (secondary N) is 1. The van der Waals surface area contributed by atoms with Gasteiger partial charge in [0.25, 0.3) is 0 Å². The largest absolute Gasteiger partial charge is 0.388 e. The third-order valence-corrected chi connectivity index (χ3v) is 7.31. The first kappa shape index (κ1) is 26.6. The molecule has 4 nitrogen and oxygen atoms in total. The van der Waals surface area contributed by atoms with Crippen molar-refractivity contribution in [3.05, 3.63) is 93.3 Å². The molecule has 1 saturated heterocycles. The van der Waals surface area contributed by atoms with Crippen LogP contribution in [0.1, 0.15) is 5.56 Å². The van der Waals surface area contributed by atoms with Crippen LogP contribution in [0, 0.1) is 5.82 Å². The van der Waals surface area contributed by atoms with Crippen LogP contribution in [-0.4, -0.2) is 55.1 Å². The van der Waals surface area contributed by atoms with Gasteiger partial charge in [-0.2, -0.15) is 0 Å². The van der Waals surface area contributed by atoms with E-state index in [0.29, 0.717) is 20.6 Å². The van der Waals surface area contributed by atoms with Crippen molar-refractivity contribution in [3.8, 4) is 11.1 Å². The summed E-state index contributed by atoms with van der Waals surface area (Å²) >= 11 is 17.7. The number of halogens is 4. The molecule has 5 rings (SSSR count). The van der Waals surface area contributed by atoms with Crippen LogP contribution >= 0.6 is 34.8 Å². The molecule has 2 heterocycles. The molecule has 1 N–H and O–H groups in total. The van der Waals surface area contributed by atoms with Gasteiger partial charge < -0.3 is 10.2 Å². The number of aromatic nitrogens is 1. The second-order valence-corrected chi connectivity index (χ2v) is 10.0. The number of hydrogen-bond acceptors (Lipinski definition) is 4. The van der Waals surface area contributed by atoms with E-state index in [9.17, 15) is 4.39 Å². The third kappa shape index (κ3) is 6.67. The number of likely N-dealkylation sites (N-methyl/N-ethyl adjacent to an activating group) is 1. The smallest absolute Gasteiger partial charge is 0.131 e. The highest BCUT2D eigenvalue weighted by Gasteiger charge is 2.15. The van der Waals surface area contributed by atoms with E-state index < -0.39 is 0 Å². The molecule has 0 saturated carbocycles. The Kier molecular flexibility index (Phi) is 9.04. The molecule has 0 atom stereocenters. The predicted molar refractivity (Wildman–Crippen MR) is 151 cm³/mol. The molecule has 0 spiro atoms. The minimum absolute atomic E-state index is 0.198. The quantitative estimate of drug-likeness (QED) is 0.288. The Balaban J connectivity index is 0.000000256. The molecule has 3 aromatic carbocycles. The van der Waals surface area contributed by atoms with E-state index in [-0.39, 0.29) is 5.82 Å². The van der Waals surface area contributed by atoms with E-state index in [1.807, 2.05) is 43.4 Å². The standard InChI is InChI=1S/C21H21ClFN3.C7H7Cl2N/c1-25-8-10-26(11-9-25)14-15-2-4-17(20(23)12-15)16-3-5-21-18(13-16)19(22)6-7-24-21;1-10-5-2-3-6(8)7(9)4-5/h2-7,12-13H,8-11,14H2,1H3;2-4,10H,1H3. The van der Waals surface area contributed by atoms with E-state index >= 15 is 0 Å². The summed E-state index contributed by atoms with van der Waals surface area (Å²) in [5.41, 5.74) is 4.20. The number of benzene rings is 3. The fourth-order valence-corrected chi connectivity index (χ4v) is 4.59. The van der Waals surface area contributed by atoms with Crippen LogP contribution in [-0.2, 0) is 6.54 Å². The maximum atomic E-state index is 14.8. The van der Waals surface area contributed by atoms with Gasteiger partial charge >= 0.3 is 0 Å². The number of piperazine rings is 1. The number of pyridine rings is 1. The van der Waals surface area contributed by atoms with Crippen LogP contribution in [0.2, 0.25) is 15.1 Å². The number of rotatable bonds is 4. The van der Waals surface area contributed by atoms with Gasteiger partial charge in [0.1, 0.15) is 5.82 Å². The van der Waals surface area contributed by atoms with Crippen LogP contribution in [0.5, 0.6) is 0 Å². The van der Waals surface area contributed by atoms with E-state index in [2.05, 4.69) is 27.1 Å². The summed E-state index contributed by atoms with van der Waals surface area (Å²) in [4.78, 5) is 8.99. The lowest BCUT2D eigenvalue weighted by Gasteiger charge is -2.32. The van der Waals surface area contributed by atoms with Gasteiger partial charge in [-0.25, -0.2) is 4.39 Å². The normalized spacial score (nSPS) is 14.4. The summed E-state index contributed by atoms with van der Waals surface area (Å²) in [5, 5.41) is 5.58. The maximum absolute atomic E-state index is 14.8. The highest BCUT2D eigenvalue weighted by atomic mass is 35.5. The monoisotopic (exact) mass is 544 g/mol. The van der Waals surface area contributed by atoms with Gasteiger partial charge in [-0.3, -0.25) is 9.88 Å². The summed E-state index contributed by atoms with van der Waals surface area (Å²) in [6.07, 6.45) is 1.68. The zero-order valence-corrected chi connectivity index (χ0v) is 22.5. The van der Waals surface area contributed by atoms with Gasteiger partial charge in [-0.05, 0) is 60.6 Å². The second-order valence-electron chi connectivity index (χ2n) is 8.80. The summed E-state index contributed by atoms with van der Waals surface area (Å²) < 4.78 is 14.8. The van der Waals surface area contributed by atoms with Crippen LogP contribution in [0.4, 0.5) is 10.1 Å². The Morgan fingerprint density at radius 2 is 1.64 bits per heavy atom. The number of anilines is 1. The van der Waals surface area contributed by atoms with Crippen molar-refractivity contribution in [2.75, 3.05) is 45.6 Å². The van der Waals surface area contributed by atoms with Gasteiger partial charge in [-0.15, -0.1) is 0 Å². The van der Waals surface area contributed by atoms with Gasteiger partial charge in [0.2, 0.25) is 0 Å². The molecule has 1 fully saturated rings. The molecular weight excluding hydrogens is 518 g/mol. The Bertz CT molecular complexity index is 1340. The van der Waals surface area contributed by atoms with E-state index in [0.717, 1.165) is 60.4 Å². The molecule has 8 heteroatoms. The predicted octanol–water partition coefficient (Wildman–Crippen LogP) is 7.48. The van der Waals surface area contributed by atoms with Crippen molar-refractivity contribution < 1.29 is 4.39 Å². The van der Waals surface area contributed by atoms with Gasteiger partial charge in [0.05, 0.1) is 20.6 Å². The zero-order valence-electron chi connectivity index (χ0n) is 20.2. The molecule has 0 aliphatic carbocycles. The summed E-state index contributed by atoms with van der Waals surface area (Å²) in [6, 6.07) is 18.4. The minimum Gasteiger partial charge on any atom is -0.388 e. The summed E-state index contributed by atoms with van der Waals surface area (Å²) in [6.45, 7) is 4.96. The number of fused-ring (bicyclic) bond motifs is 1. The molecule has 188 valence electrons. The molecule has 4 aromatic rings. The molecule has 0 radical (unpaired) electrons. The van der Waals surface area contributed by atoms with Crippen LogP contribution in [0.25, 0.3) is 22.0 Å². The van der Waals surface area contributed by atoms with E-state index in [4.69, 9.17) is 34.8 Å². The first-order chi connectivity index (χ1) is 17.3. The minimum atomic E-state index is -0.198. The Hall–Kier alpha value is -2.41. The molecule has 0 unspecified atom stereocenters. The van der Waals surface area contributed by atoms with Gasteiger partial charge in [-0.1, -0.05) is 53.0 Å². The Morgan fingerprint density at radius 1 is 0.861 bits per heavy atom. The van der Waals surface area contributed by atoms with E-state index in [1.165, 1.54) is 0 Å². The molecule has 36 heavy (non-hydrogen) atoms. The van der Waals surface area contributed by atoms with Gasteiger partial charge in [0, 0.05) is 62.6 Å².